The molecule has 1 rings (SSSR count). The highest BCUT2D eigenvalue weighted by Gasteiger charge is 2.36. The van der Waals surface area contributed by atoms with Crippen LogP contribution in [0.15, 0.2) is 0 Å². The first-order valence-electron chi connectivity index (χ1n) is 3.95. The first kappa shape index (κ1) is 8.78. The summed E-state index contributed by atoms with van der Waals surface area (Å²) in [5.41, 5.74) is 0.278. The molecule has 1 aliphatic carbocycles. The maximum Gasteiger partial charge on any atom is 0.0575 e. The Bertz CT molecular complexity index is 106. The molecule has 0 aromatic rings. The summed E-state index contributed by atoms with van der Waals surface area (Å²) in [7, 11) is 0. The van der Waals surface area contributed by atoms with Crippen LogP contribution in [0.25, 0.3) is 0 Å². The van der Waals surface area contributed by atoms with E-state index in [0.29, 0.717) is 0 Å². The molecule has 0 aliphatic heterocycles. The minimum atomic E-state index is -0.105. The van der Waals surface area contributed by atoms with Crippen molar-refractivity contribution >= 4 is 22.6 Å². The van der Waals surface area contributed by atoms with Gasteiger partial charge in [-0.1, -0.05) is 35.4 Å². The molecule has 2 heteroatoms. The van der Waals surface area contributed by atoms with Crippen molar-refractivity contribution in [3.63, 3.8) is 0 Å². The van der Waals surface area contributed by atoms with Crippen molar-refractivity contribution < 1.29 is 5.11 Å². The van der Waals surface area contributed by atoms with Gasteiger partial charge < -0.3 is 5.11 Å². The first-order chi connectivity index (χ1) is 4.71. The largest absolute Gasteiger partial charge is 0.393 e. The van der Waals surface area contributed by atoms with Crippen LogP contribution in [0.3, 0.4) is 0 Å². The van der Waals surface area contributed by atoms with E-state index < -0.39 is 0 Å². The molecule has 60 valence electrons. The smallest absolute Gasteiger partial charge is 0.0575 e. The minimum absolute atomic E-state index is 0.105. The molecule has 0 bridgehead atoms. The third-order valence-electron chi connectivity index (χ3n) is 2.75. The van der Waals surface area contributed by atoms with Gasteiger partial charge in [-0.25, -0.2) is 0 Å². The van der Waals surface area contributed by atoms with Crippen molar-refractivity contribution in [2.75, 3.05) is 4.43 Å². The summed E-state index contributed by atoms with van der Waals surface area (Å²) in [5, 5.41) is 9.50. The zero-order valence-electron chi connectivity index (χ0n) is 6.44. The predicted octanol–water partition coefficient (Wildman–Crippen LogP) is 2.36. The number of rotatable bonds is 2. The number of hydrogen-bond acceptors (Lipinski definition) is 1. The highest BCUT2D eigenvalue weighted by atomic mass is 127. The van der Waals surface area contributed by atoms with Gasteiger partial charge in [0, 0.05) is 9.84 Å². The van der Waals surface area contributed by atoms with E-state index in [2.05, 4.69) is 22.6 Å². The van der Waals surface area contributed by atoms with Gasteiger partial charge in [-0.3, -0.25) is 0 Å². The number of aliphatic hydroxyl groups is 1. The lowest BCUT2D eigenvalue weighted by atomic mass is 9.83. The molecule has 0 radical (unpaired) electrons. The van der Waals surface area contributed by atoms with Crippen LogP contribution in [0.1, 0.15) is 32.6 Å². The second-order valence-corrected chi connectivity index (χ2v) is 4.14. The molecular weight excluding hydrogens is 239 g/mol. The van der Waals surface area contributed by atoms with Gasteiger partial charge in [-0.05, 0) is 19.8 Å². The normalized spacial score (nSPS) is 26.7. The van der Waals surface area contributed by atoms with Gasteiger partial charge in [0.2, 0.25) is 0 Å². The predicted molar refractivity (Wildman–Crippen MR) is 51.5 cm³/mol. The number of hydrogen-bond donors (Lipinski definition) is 1. The lowest BCUT2D eigenvalue weighted by Crippen LogP contribution is -2.31. The van der Waals surface area contributed by atoms with Crippen LogP contribution in [0.4, 0.5) is 0 Å². The maximum absolute atomic E-state index is 9.50. The third kappa shape index (κ3) is 1.47. The molecule has 1 atom stereocenters. The lowest BCUT2D eigenvalue weighted by Gasteiger charge is -2.29. The summed E-state index contributed by atoms with van der Waals surface area (Å²) < 4.78 is 1.11. The van der Waals surface area contributed by atoms with Crippen LogP contribution >= 0.6 is 22.6 Å². The Morgan fingerprint density at radius 2 is 2.00 bits per heavy atom. The first-order valence-corrected chi connectivity index (χ1v) is 5.48. The molecule has 0 aromatic heterocycles. The molecule has 0 amide bonds. The summed E-state index contributed by atoms with van der Waals surface area (Å²) in [4.78, 5) is 0. The molecule has 1 unspecified atom stereocenters. The van der Waals surface area contributed by atoms with Crippen LogP contribution in [0.5, 0.6) is 0 Å². The Labute approximate surface area is 76.3 Å². The fourth-order valence-electron chi connectivity index (χ4n) is 1.74. The Morgan fingerprint density at radius 3 is 2.20 bits per heavy atom. The van der Waals surface area contributed by atoms with Crippen molar-refractivity contribution in [1.29, 1.82) is 0 Å². The van der Waals surface area contributed by atoms with Crippen molar-refractivity contribution in [1.82, 2.24) is 0 Å². The average Bonchev–Trinajstić information content (AvgIpc) is 2.35. The SMILES string of the molecule is CC(O)C1(CI)CCCC1. The van der Waals surface area contributed by atoms with Crippen molar-refractivity contribution in [2.24, 2.45) is 5.41 Å². The van der Waals surface area contributed by atoms with E-state index >= 15 is 0 Å². The van der Waals surface area contributed by atoms with E-state index in [4.69, 9.17) is 0 Å². The molecule has 0 aromatic carbocycles. The van der Waals surface area contributed by atoms with Gasteiger partial charge in [-0.15, -0.1) is 0 Å². The fourth-order valence-corrected chi connectivity index (χ4v) is 3.14. The molecule has 1 N–H and O–H groups in total. The van der Waals surface area contributed by atoms with Crippen molar-refractivity contribution in [2.45, 2.75) is 38.7 Å². The van der Waals surface area contributed by atoms with Crippen LogP contribution < -0.4 is 0 Å². The van der Waals surface area contributed by atoms with Gasteiger partial charge >= 0.3 is 0 Å². The minimum Gasteiger partial charge on any atom is -0.393 e. The molecule has 1 nitrogen and oxygen atoms in total. The van der Waals surface area contributed by atoms with E-state index in [1.54, 1.807) is 0 Å². The highest BCUT2D eigenvalue weighted by Crippen LogP contribution is 2.42. The summed E-state index contributed by atoms with van der Waals surface area (Å²) in [6.07, 6.45) is 4.98. The molecule has 1 aliphatic rings. The number of aliphatic hydroxyl groups excluding tert-OH is 1. The van der Waals surface area contributed by atoms with Gasteiger partial charge in [0.1, 0.15) is 0 Å². The molecule has 0 saturated heterocycles. The van der Waals surface area contributed by atoms with Gasteiger partial charge in [0.25, 0.3) is 0 Å². The Morgan fingerprint density at radius 1 is 1.50 bits per heavy atom. The summed E-state index contributed by atoms with van der Waals surface area (Å²) >= 11 is 2.40. The number of halogens is 1. The van der Waals surface area contributed by atoms with Gasteiger partial charge in [-0.2, -0.15) is 0 Å². The lowest BCUT2D eigenvalue weighted by molar-refractivity contribution is 0.0635. The molecular formula is C8H15IO. The van der Waals surface area contributed by atoms with Crippen molar-refractivity contribution in [3.8, 4) is 0 Å². The Kier molecular flexibility index (Phi) is 2.98. The van der Waals surface area contributed by atoms with Gasteiger partial charge in [0.15, 0.2) is 0 Å². The molecule has 0 spiro atoms. The zero-order valence-corrected chi connectivity index (χ0v) is 8.60. The van der Waals surface area contributed by atoms with E-state index in [-0.39, 0.29) is 11.5 Å². The Balaban J connectivity index is 2.58. The van der Waals surface area contributed by atoms with Crippen molar-refractivity contribution in [3.05, 3.63) is 0 Å². The second-order valence-electron chi connectivity index (χ2n) is 3.38. The van der Waals surface area contributed by atoms with Gasteiger partial charge in [0.05, 0.1) is 6.10 Å². The highest BCUT2D eigenvalue weighted by molar-refractivity contribution is 14.1. The van der Waals surface area contributed by atoms with E-state index in [1.165, 1.54) is 25.7 Å². The monoisotopic (exact) mass is 254 g/mol. The fraction of sp³-hybridized carbons (Fsp3) is 1.00. The van der Waals surface area contributed by atoms with E-state index in [0.717, 1.165) is 4.43 Å². The van der Waals surface area contributed by atoms with E-state index in [1.807, 2.05) is 6.92 Å². The van der Waals surface area contributed by atoms with Crippen LogP contribution in [-0.2, 0) is 0 Å². The maximum atomic E-state index is 9.50. The summed E-state index contributed by atoms with van der Waals surface area (Å²) in [6.45, 7) is 1.93. The number of alkyl halides is 1. The second kappa shape index (κ2) is 3.39. The summed E-state index contributed by atoms with van der Waals surface area (Å²) in [6, 6.07) is 0. The topological polar surface area (TPSA) is 20.2 Å². The third-order valence-corrected chi connectivity index (χ3v) is 4.27. The Hall–Kier alpha value is 0.690. The molecule has 1 saturated carbocycles. The summed E-state index contributed by atoms with van der Waals surface area (Å²) in [5.74, 6) is 0. The van der Waals surface area contributed by atoms with Crippen LogP contribution in [-0.4, -0.2) is 15.6 Å². The zero-order chi connectivity index (χ0) is 7.61. The molecule has 1 fully saturated rings. The quantitative estimate of drug-likeness (QED) is 0.592. The van der Waals surface area contributed by atoms with E-state index in [9.17, 15) is 5.11 Å². The molecule has 10 heavy (non-hydrogen) atoms. The molecule has 0 heterocycles. The van der Waals surface area contributed by atoms with Crippen LogP contribution in [0.2, 0.25) is 0 Å². The standard InChI is InChI=1S/C8H15IO/c1-7(10)8(6-9)4-2-3-5-8/h7,10H,2-6H2,1H3. The average molecular weight is 254 g/mol. The van der Waals surface area contributed by atoms with Crippen LogP contribution in [0, 0.1) is 5.41 Å².